The second-order valence-electron chi connectivity index (χ2n) is 7.49. The second kappa shape index (κ2) is 7.51. The third-order valence-electron chi connectivity index (χ3n) is 5.44. The van der Waals surface area contributed by atoms with Gasteiger partial charge in [0.2, 0.25) is 5.91 Å². The van der Waals surface area contributed by atoms with Crippen molar-refractivity contribution in [3.05, 3.63) is 78.4 Å². The molecule has 0 spiro atoms. The number of hydrogen-bond acceptors (Lipinski definition) is 3. The summed E-state index contributed by atoms with van der Waals surface area (Å²) in [5, 5.41) is 4.04. The lowest BCUT2D eigenvalue weighted by Gasteiger charge is -2.11. The summed E-state index contributed by atoms with van der Waals surface area (Å²) >= 11 is 0. The van der Waals surface area contributed by atoms with Crippen molar-refractivity contribution in [2.45, 2.75) is 32.2 Å². The Labute approximate surface area is 169 Å². The highest BCUT2D eigenvalue weighted by atomic mass is 16.1. The van der Waals surface area contributed by atoms with Gasteiger partial charge in [0.15, 0.2) is 0 Å². The van der Waals surface area contributed by atoms with Crippen molar-refractivity contribution in [2.75, 3.05) is 5.32 Å². The van der Waals surface area contributed by atoms with Gasteiger partial charge < -0.3 is 9.88 Å². The van der Waals surface area contributed by atoms with Gasteiger partial charge in [-0.2, -0.15) is 0 Å². The van der Waals surface area contributed by atoms with Gasteiger partial charge in [-0.15, -0.1) is 0 Å². The molecule has 1 aliphatic heterocycles. The van der Waals surface area contributed by atoms with Gasteiger partial charge in [-0.1, -0.05) is 36.4 Å². The Morgan fingerprint density at radius 3 is 2.76 bits per heavy atom. The van der Waals surface area contributed by atoms with Crippen molar-refractivity contribution in [1.82, 2.24) is 14.5 Å². The first-order valence-corrected chi connectivity index (χ1v) is 10.1. The van der Waals surface area contributed by atoms with Crippen LogP contribution in [0, 0.1) is 0 Å². The molecule has 1 aliphatic rings. The molecule has 1 N–H and O–H groups in total. The molecule has 0 saturated heterocycles. The summed E-state index contributed by atoms with van der Waals surface area (Å²) in [6.07, 6.45) is 7.68. The van der Waals surface area contributed by atoms with Gasteiger partial charge >= 0.3 is 0 Å². The number of para-hydroxylation sites is 1. The number of nitrogens with zero attached hydrogens (tertiary/aromatic N) is 3. The normalized spacial score (nSPS) is 13.2. The number of carbonyl (C=O) groups excluding carboxylic acids is 1. The maximum atomic E-state index is 12.6. The Hall–Kier alpha value is -3.47. The average molecular weight is 382 g/mol. The molecule has 5 heteroatoms. The lowest BCUT2D eigenvalue weighted by atomic mass is 10.1. The maximum absolute atomic E-state index is 12.6. The number of rotatable bonds is 4. The van der Waals surface area contributed by atoms with E-state index in [4.69, 9.17) is 4.98 Å². The summed E-state index contributed by atoms with van der Waals surface area (Å²) in [5.74, 6) is 1.13. The molecule has 0 radical (unpaired) electrons. The molecule has 1 amide bonds. The standard InChI is InChI=1S/C24H22N4O/c29-23(15-19-6-3-5-18-7-4-13-25-24(18)19)26-20-11-9-17(10-12-20)21-16-28-14-2-1-8-22(28)27-21/h3-7,9-13,16H,1-2,8,14-15H2,(H,26,29). The number of benzene rings is 2. The molecule has 0 aliphatic carbocycles. The van der Waals surface area contributed by atoms with Gasteiger partial charge in [0, 0.05) is 42.0 Å². The second-order valence-corrected chi connectivity index (χ2v) is 7.49. The Morgan fingerprint density at radius 1 is 1.03 bits per heavy atom. The van der Waals surface area contributed by atoms with Crippen LogP contribution >= 0.6 is 0 Å². The fourth-order valence-corrected chi connectivity index (χ4v) is 3.96. The Morgan fingerprint density at radius 2 is 1.90 bits per heavy atom. The highest BCUT2D eigenvalue weighted by molar-refractivity contribution is 5.95. The zero-order valence-electron chi connectivity index (χ0n) is 16.1. The third-order valence-corrected chi connectivity index (χ3v) is 5.44. The topological polar surface area (TPSA) is 59.8 Å². The fraction of sp³-hybridized carbons (Fsp3) is 0.208. The van der Waals surface area contributed by atoms with Crippen LogP contribution in [0.1, 0.15) is 24.2 Å². The number of carbonyl (C=O) groups is 1. The predicted octanol–water partition coefficient (Wildman–Crippen LogP) is 4.62. The van der Waals surface area contributed by atoms with Crippen molar-refractivity contribution in [2.24, 2.45) is 0 Å². The first-order valence-electron chi connectivity index (χ1n) is 10.1. The first-order chi connectivity index (χ1) is 14.3. The van der Waals surface area contributed by atoms with E-state index in [9.17, 15) is 4.79 Å². The molecular formula is C24H22N4O. The number of hydrogen-bond donors (Lipinski definition) is 1. The average Bonchev–Trinajstić information content (AvgIpc) is 3.19. The SMILES string of the molecule is O=C(Cc1cccc2cccnc12)Nc1ccc(-c2cn3c(n2)CCCC3)cc1. The number of pyridine rings is 1. The van der Waals surface area contributed by atoms with Crippen LogP contribution < -0.4 is 5.32 Å². The smallest absolute Gasteiger partial charge is 0.228 e. The summed E-state index contributed by atoms with van der Waals surface area (Å²) in [7, 11) is 0. The van der Waals surface area contributed by atoms with Crippen LogP contribution in [-0.4, -0.2) is 20.4 Å². The molecule has 29 heavy (non-hydrogen) atoms. The highest BCUT2D eigenvalue weighted by Crippen LogP contribution is 2.24. The van der Waals surface area contributed by atoms with Gasteiger partial charge in [0.05, 0.1) is 17.6 Å². The van der Waals surface area contributed by atoms with Crippen molar-refractivity contribution in [3.8, 4) is 11.3 Å². The largest absolute Gasteiger partial charge is 0.334 e. The Kier molecular flexibility index (Phi) is 4.56. The molecule has 0 unspecified atom stereocenters. The number of aryl methyl sites for hydroxylation is 2. The highest BCUT2D eigenvalue weighted by Gasteiger charge is 2.13. The van der Waals surface area contributed by atoms with E-state index >= 15 is 0 Å². The third kappa shape index (κ3) is 3.63. The van der Waals surface area contributed by atoms with Crippen molar-refractivity contribution in [1.29, 1.82) is 0 Å². The van der Waals surface area contributed by atoms with E-state index in [0.29, 0.717) is 6.42 Å². The Balaban J connectivity index is 1.29. The summed E-state index contributed by atoms with van der Waals surface area (Å²) in [6.45, 7) is 1.06. The number of anilines is 1. The molecule has 144 valence electrons. The van der Waals surface area contributed by atoms with E-state index in [1.54, 1.807) is 6.20 Å². The van der Waals surface area contributed by atoms with E-state index in [1.165, 1.54) is 18.7 Å². The number of nitrogens with one attached hydrogen (secondary N) is 1. The van der Waals surface area contributed by atoms with Crippen molar-refractivity contribution in [3.63, 3.8) is 0 Å². The molecular weight excluding hydrogens is 360 g/mol. The van der Waals surface area contributed by atoms with E-state index in [1.807, 2.05) is 54.6 Å². The van der Waals surface area contributed by atoms with Crippen molar-refractivity contribution >= 4 is 22.5 Å². The zero-order valence-corrected chi connectivity index (χ0v) is 16.1. The molecule has 5 nitrogen and oxygen atoms in total. The van der Waals surface area contributed by atoms with Gasteiger partial charge in [-0.3, -0.25) is 9.78 Å². The molecule has 5 rings (SSSR count). The number of fused-ring (bicyclic) bond motifs is 2. The van der Waals surface area contributed by atoms with E-state index in [-0.39, 0.29) is 5.91 Å². The minimum Gasteiger partial charge on any atom is -0.334 e. The van der Waals surface area contributed by atoms with E-state index in [2.05, 4.69) is 21.1 Å². The van der Waals surface area contributed by atoms with Gasteiger partial charge in [-0.25, -0.2) is 4.98 Å². The first kappa shape index (κ1) is 17.6. The molecule has 0 saturated carbocycles. The molecule has 0 bridgehead atoms. The lowest BCUT2D eigenvalue weighted by molar-refractivity contribution is -0.115. The minimum atomic E-state index is -0.0478. The van der Waals surface area contributed by atoms with Gasteiger partial charge in [0.1, 0.15) is 5.82 Å². The van der Waals surface area contributed by atoms with Gasteiger partial charge in [0.25, 0.3) is 0 Å². The monoisotopic (exact) mass is 382 g/mol. The lowest BCUT2D eigenvalue weighted by Crippen LogP contribution is -2.14. The van der Waals surface area contributed by atoms with Gasteiger partial charge in [-0.05, 0) is 36.6 Å². The van der Waals surface area contributed by atoms with E-state index in [0.717, 1.165) is 46.4 Å². The maximum Gasteiger partial charge on any atom is 0.228 e. The molecule has 0 atom stereocenters. The summed E-state index contributed by atoms with van der Waals surface area (Å²) < 4.78 is 2.26. The molecule has 3 heterocycles. The molecule has 4 aromatic rings. The Bertz CT molecular complexity index is 1150. The quantitative estimate of drug-likeness (QED) is 0.560. The van der Waals surface area contributed by atoms with E-state index < -0.39 is 0 Å². The number of aromatic nitrogens is 3. The zero-order chi connectivity index (χ0) is 19.6. The molecule has 0 fully saturated rings. The van der Waals surface area contributed by atoms with Crippen LogP contribution in [-0.2, 0) is 24.2 Å². The number of imidazole rings is 1. The number of amides is 1. The molecule has 2 aromatic heterocycles. The van der Waals surface area contributed by atoms with Crippen LogP contribution in [0.5, 0.6) is 0 Å². The summed E-state index contributed by atoms with van der Waals surface area (Å²) in [6, 6.07) is 17.8. The van der Waals surface area contributed by atoms with Crippen LogP contribution in [0.2, 0.25) is 0 Å². The van der Waals surface area contributed by atoms with Crippen LogP contribution in [0.3, 0.4) is 0 Å². The summed E-state index contributed by atoms with van der Waals surface area (Å²) in [5.41, 5.74) is 4.67. The minimum absolute atomic E-state index is 0.0478. The van der Waals surface area contributed by atoms with Crippen molar-refractivity contribution < 1.29 is 4.79 Å². The van der Waals surface area contributed by atoms with Crippen LogP contribution in [0.15, 0.2) is 67.0 Å². The molecule has 2 aromatic carbocycles. The predicted molar refractivity (Wildman–Crippen MR) is 115 cm³/mol. The van der Waals surface area contributed by atoms with Crippen LogP contribution in [0.4, 0.5) is 5.69 Å². The fourth-order valence-electron chi connectivity index (χ4n) is 3.96. The summed E-state index contributed by atoms with van der Waals surface area (Å²) in [4.78, 5) is 21.7. The van der Waals surface area contributed by atoms with Crippen LogP contribution in [0.25, 0.3) is 22.2 Å².